The number of esters is 1. The Balaban J connectivity index is 1.13. The van der Waals surface area contributed by atoms with Crippen LogP contribution in [0.4, 0.5) is 5.82 Å². The van der Waals surface area contributed by atoms with Gasteiger partial charge in [0.2, 0.25) is 11.7 Å². The molecule has 20 nitrogen and oxygen atoms in total. The normalized spacial score (nSPS) is 29.2. The van der Waals surface area contributed by atoms with Crippen LogP contribution in [0.15, 0.2) is 19.0 Å². The SMILES string of the molecule is NC(=O)c1ncn(C2OC(COC(=O)CCC(=O)Nc3ncnc4c3ncn4C3OC(CO)C(O)C3O)C(O)C2O)n1. The molecule has 8 unspecified atom stereocenters. The number of imidazole rings is 1. The summed E-state index contributed by atoms with van der Waals surface area (Å²) in [6, 6.07) is 0. The highest BCUT2D eigenvalue weighted by Crippen LogP contribution is 2.32. The molecule has 0 aliphatic carbocycles. The van der Waals surface area contributed by atoms with E-state index in [1.54, 1.807) is 0 Å². The average Bonchev–Trinajstić information content (AvgIpc) is 3.74. The van der Waals surface area contributed by atoms with Gasteiger partial charge in [0.1, 0.15) is 55.9 Å². The smallest absolute Gasteiger partial charge is 0.306 e. The van der Waals surface area contributed by atoms with Gasteiger partial charge in [0, 0.05) is 6.42 Å². The third kappa shape index (κ3) is 5.63. The van der Waals surface area contributed by atoms with E-state index in [4.69, 9.17) is 19.9 Å². The van der Waals surface area contributed by atoms with E-state index in [0.717, 1.165) is 17.3 Å². The maximum atomic E-state index is 12.5. The lowest BCUT2D eigenvalue weighted by Gasteiger charge is -2.16. The summed E-state index contributed by atoms with van der Waals surface area (Å²) in [7, 11) is 0. The predicted molar refractivity (Wildman–Crippen MR) is 132 cm³/mol. The molecule has 5 rings (SSSR count). The molecule has 0 radical (unpaired) electrons. The summed E-state index contributed by atoms with van der Waals surface area (Å²) in [6.07, 6.45) is -7.27. The van der Waals surface area contributed by atoms with Gasteiger partial charge in [-0.2, -0.15) is 0 Å². The summed E-state index contributed by atoms with van der Waals surface area (Å²) >= 11 is 0. The molecular formula is C22H27N9O11. The average molecular weight is 594 g/mol. The maximum Gasteiger partial charge on any atom is 0.306 e. The Morgan fingerprint density at radius 2 is 1.64 bits per heavy atom. The van der Waals surface area contributed by atoms with Gasteiger partial charge >= 0.3 is 5.97 Å². The molecule has 2 aliphatic heterocycles. The van der Waals surface area contributed by atoms with Crippen molar-refractivity contribution in [1.82, 2.24) is 34.3 Å². The number of aliphatic hydroxyl groups excluding tert-OH is 5. The largest absolute Gasteiger partial charge is 0.463 e. The Morgan fingerprint density at radius 1 is 0.929 bits per heavy atom. The van der Waals surface area contributed by atoms with Crippen LogP contribution in [0.5, 0.6) is 0 Å². The summed E-state index contributed by atoms with van der Waals surface area (Å²) in [5.74, 6) is -2.61. The fourth-order valence-corrected chi connectivity index (χ4v) is 4.49. The summed E-state index contributed by atoms with van der Waals surface area (Å²) in [4.78, 5) is 51.9. The number of primary amides is 1. The van der Waals surface area contributed by atoms with Crippen molar-refractivity contribution in [3.8, 4) is 0 Å². The maximum absolute atomic E-state index is 12.5. The van der Waals surface area contributed by atoms with Crippen LogP contribution in [0.25, 0.3) is 11.2 Å². The number of aliphatic hydroxyl groups is 5. The molecule has 42 heavy (non-hydrogen) atoms. The first-order chi connectivity index (χ1) is 20.1. The fourth-order valence-electron chi connectivity index (χ4n) is 4.49. The number of nitrogens with zero attached hydrogens (tertiary/aromatic N) is 7. The van der Waals surface area contributed by atoms with Crippen LogP contribution >= 0.6 is 0 Å². The Bertz CT molecular complexity index is 1460. The third-order valence-corrected chi connectivity index (χ3v) is 6.70. The number of nitrogens with one attached hydrogen (secondary N) is 1. The number of rotatable bonds is 10. The summed E-state index contributed by atoms with van der Waals surface area (Å²) in [5.41, 5.74) is 5.41. The van der Waals surface area contributed by atoms with Crippen molar-refractivity contribution in [3.05, 3.63) is 24.8 Å². The number of hydrogen-bond donors (Lipinski definition) is 7. The molecular weight excluding hydrogens is 566 g/mol. The van der Waals surface area contributed by atoms with Crippen LogP contribution in [0.1, 0.15) is 35.9 Å². The third-order valence-electron chi connectivity index (χ3n) is 6.70. The second-order valence-electron chi connectivity index (χ2n) is 9.47. The van der Waals surface area contributed by atoms with Crippen molar-refractivity contribution in [1.29, 1.82) is 0 Å². The minimum absolute atomic E-state index is 0.0129. The molecule has 2 amide bonds. The minimum atomic E-state index is -1.47. The Labute approximate surface area is 234 Å². The van der Waals surface area contributed by atoms with Crippen molar-refractivity contribution in [2.24, 2.45) is 5.73 Å². The van der Waals surface area contributed by atoms with Gasteiger partial charge in [-0.05, 0) is 0 Å². The molecule has 2 aliphatic rings. The van der Waals surface area contributed by atoms with E-state index in [1.807, 2.05) is 0 Å². The van der Waals surface area contributed by atoms with E-state index in [9.17, 15) is 39.9 Å². The highest BCUT2D eigenvalue weighted by atomic mass is 16.6. The Hall–Kier alpha value is -4.18. The lowest BCUT2D eigenvalue weighted by Crippen LogP contribution is -2.34. The van der Waals surface area contributed by atoms with Gasteiger partial charge in [-0.15, -0.1) is 5.10 Å². The summed E-state index contributed by atoms with van der Waals surface area (Å²) in [5, 5.41) is 56.5. The molecule has 0 spiro atoms. The highest BCUT2D eigenvalue weighted by Gasteiger charge is 2.45. The van der Waals surface area contributed by atoms with Crippen LogP contribution in [-0.4, -0.2) is 127 Å². The molecule has 226 valence electrons. The highest BCUT2D eigenvalue weighted by molar-refractivity contribution is 5.97. The number of ether oxygens (including phenoxy) is 3. The van der Waals surface area contributed by atoms with E-state index >= 15 is 0 Å². The van der Waals surface area contributed by atoms with Crippen LogP contribution < -0.4 is 11.1 Å². The first-order valence-electron chi connectivity index (χ1n) is 12.6. The number of amides is 2. The van der Waals surface area contributed by atoms with Gasteiger partial charge in [-0.3, -0.25) is 19.0 Å². The quantitative estimate of drug-likeness (QED) is 0.109. The number of nitrogens with two attached hydrogens (primary N) is 1. The second kappa shape index (κ2) is 12.0. The number of aromatic nitrogens is 7. The lowest BCUT2D eigenvalue weighted by molar-refractivity contribution is -0.151. The van der Waals surface area contributed by atoms with Crippen LogP contribution in [0.2, 0.25) is 0 Å². The second-order valence-corrected chi connectivity index (χ2v) is 9.47. The van der Waals surface area contributed by atoms with Gasteiger partial charge in [0.15, 0.2) is 29.4 Å². The van der Waals surface area contributed by atoms with E-state index in [0.29, 0.717) is 0 Å². The van der Waals surface area contributed by atoms with Gasteiger partial charge in [-0.1, -0.05) is 0 Å². The number of carbonyl (C=O) groups is 3. The molecule has 2 saturated heterocycles. The molecule has 8 N–H and O–H groups in total. The zero-order chi connectivity index (χ0) is 30.1. The van der Waals surface area contributed by atoms with E-state index in [2.05, 4.69) is 30.4 Å². The molecule has 20 heteroatoms. The predicted octanol–water partition coefficient (Wildman–Crippen LogP) is -4.29. The topological polar surface area (TPSA) is 292 Å². The van der Waals surface area contributed by atoms with Gasteiger partial charge in [-0.25, -0.2) is 24.6 Å². The molecule has 8 atom stereocenters. The number of carbonyl (C=O) groups excluding carboxylic acids is 3. The molecule has 5 heterocycles. The number of anilines is 1. The zero-order valence-electron chi connectivity index (χ0n) is 21.6. The van der Waals surface area contributed by atoms with Crippen molar-refractivity contribution < 1.29 is 54.1 Å². The van der Waals surface area contributed by atoms with Crippen LogP contribution in [-0.2, 0) is 23.8 Å². The van der Waals surface area contributed by atoms with Crippen molar-refractivity contribution in [2.75, 3.05) is 18.5 Å². The molecule has 3 aromatic heterocycles. The summed E-state index contributed by atoms with van der Waals surface area (Å²) in [6.45, 7) is -0.962. The van der Waals surface area contributed by atoms with Gasteiger partial charge in [0.05, 0.1) is 19.4 Å². The van der Waals surface area contributed by atoms with E-state index < -0.39 is 80.1 Å². The van der Waals surface area contributed by atoms with Gasteiger partial charge < -0.3 is 50.8 Å². The van der Waals surface area contributed by atoms with Crippen LogP contribution in [0, 0.1) is 0 Å². The van der Waals surface area contributed by atoms with E-state index in [1.165, 1.54) is 10.9 Å². The van der Waals surface area contributed by atoms with Crippen molar-refractivity contribution in [3.63, 3.8) is 0 Å². The van der Waals surface area contributed by atoms with Crippen LogP contribution in [0.3, 0.4) is 0 Å². The number of fused-ring (bicyclic) bond motifs is 1. The van der Waals surface area contributed by atoms with Gasteiger partial charge in [0.25, 0.3) is 5.91 Å². The first kappa shape index (κ1) is 29.3. The minimum Gasteiger partial charge on any atom is -0.463 e. The molecule has 2 fully saturated rings. The standard InChI is InChI=1S/C22H27N9O11/c23-17(39)19-27-7-31(29-19)22-16(38)14(36)9(42-22)4-40-11(34)2-1-10(33)28-18-12-20(25-5-24-18)30(6-26-12)21-15(37)13(35)8(3-32)41-21/h5-9,13-16,21-22,32,35-38H,1-4H2,(H2,23,39)(H,24,25,28,33). The lowest BCUT2D eigenvalue weighted by atomic mass is 10.1. The number of hydrogen-bond acceptors (Lipinski definition) is 16. The van der Waals surface area contributed by atoms with E-state index in [-0.39, 0.29) is 35.6 Å². The van der Waals surface area contributed by atoms with Crippen molar-refractivity contribution >= 4 is 34.8 Å². The first-order valence-corrected chi connectivity index (χ1v) is 12.6. The zero-order valence-corrected chi connectivity index (χ0v) is 21.6. The summed E-state index contributed by atoms with van der Waals surface area (Å²) < 4.78 is 18.4. The Morgan fingerprint density at radius 3 is 2.33 bits per heavy atom. The molecule has 3 aromatic rings. The monoisotopic (exact) mass is 593 g/mol. The molecule has 0 saturated carbocycles. The van der Waals surface area contributed by atoms with Crippen molar-refractivity contribution in [2.45, 2.75) is 61.9 Å². The fraction of sp³-hybridized carbons (Fsp3) is 0.545. The Kier molecular flexibility index (Phi) is 8.36. The molecule has 0 bridgehead atoms. The molecule has 0 aromatic carbocycles.